The number of urea groups is 1. The highest BCUT2D eigenvalue weighted by atomic mass is 32.2. The third-order valence-corrected chi connectivity index (χ3v) is 9.04. The largest absolute Gasteiger partial charge is 0.481 e. The van der Waals surface area contributed by atoms with Gasteiger partial charge in [0.25, 0.3) is 0 Å². The molecular formula is C28H36N8O3S. The summed E-state index contributed by atoms with van der Waals surface area (Å²) in [5.74, 6) is 1.41. The molecule has 3 aliphatic rings. The van der Waals surface area contributed by atoms with E-state index in [-0.39, 0.29) is 18.0 Å². The molecule has 2 aromatic heterocycles. The minimum atomic E-state index is -0.344. The quantitative estimate of drug-likeness (QED) is 0.521. The standard InChI is InChI=1S/C28H36N8O3S/c1-34-10-11-35(25(37)17-34)16-19-12-18-6-5-9-36(26(18)33-27(19)39-2)28(38)32-24-13-22(20(14-29)15-30-24)31-21-7-4-8-23(21)40-3/h12-13,15,21,23H,4-11,16-17H2,1-3H3,(H2,30,31,32,38). The number of aryl methyl sites for hydroxylation is 1. The predicted molar refractivity (Wildman–Crippen MR) is 156 cm³/mol. The number of thioether (sulfide) groups is 1. The van der Waals surface area contributed by atoms with Crippen LogP contribution in [-0.2, 0) is 17.8 Å². The van der Waals surface area contributed by atoms with E-state index in [1.165, 1.54) is 6.20 Å². The Bertz CT molecular complexity index is 1320. The zero-order valence-electron chi connectivity index (χ0n) is 23.3. The number of rotatable bonds is 7. The fourth-order valence-corrected chi connectivity index (χ4v) is 6.63. The second kappa shape index (κ2) is 12.3. The van der Waals surface area contributed by atoms with Gasteiger partial charge in [-0.05, 0) is 50.6 Å². The first-order valence-corrected chi connectivity index (χ1v) is 15.0. The maximum Gasteiger partial charge on any atom is 0.328 e. The van der Waals surface area contributed by atoms with Crippen molar-refractivity contribution in [2.75, 3.05) is 62.1 Å². The summed E-state index contributed by atoms with van der Waals surface area (Å²) in [6.07, 6.45) is 8.52. The van der Waals surface area contributed by atoms with Crippen molar-refractivity contribution in [3.05, 3.63) is 35.0 Å². The minimum Gasteiger partial charge on any atom is -0.481 e. The third-order valence-electron chi connectivity index (χ3n) is 7.87. The van der Waals surface area contributed by atoms with Crippen molar-refractivity contribution in [2.24, 2.45) is 0 Å². The molecule has 0 radical (unpaired) electrons. The molecule has 2 unspecified atom stereocenters. The van der Waals surface area contributed by atoms with Gasteiger partial charge in [0.15, 0.2) is 0 Å². The Labute approximate surface area is 239 Å². The normalized spacial score (nSPS) is 21.1. The summed E-state index contributed by atoms with van der Waals surface area (Å²) in [6, 6.07) is 5.88. The number of hydrogen-bond acceptors (Lipinski definition) is 9. The number of nitrogens with one attached hydrogen (secondary N) is 2. The molecule has 2 atom stereocenters. The van der Waals surface area contributed by atoms with Crippen LogP contribution in [0.1, 0.15) is 42.4 Å². The fraction of sp³-hybridized carbons (Fsp3) is 0.536. The molecule has 2 fully saturated rings. The van der Waals surface area contributed by atoms with E-state index >= 15 is 0 Å². The summed E-state index contributed by atoms with van der Waals surface area (Å²) >= 11 is 1.84. The molecule has 11 nitrogen and oxygen atoms in total. The van der Waals surface area contributed by atoms with Gasteiger partial charge in [0.2, 0.25) is 11.8 Å². The average Bonchev–Trinajstić information content (AvgIpc) is 3.41. The van der Waals surface area contributed by atoms with Crippen LogP contribution in [0.15, 0.2) is 18.3 Å². The summed E-state index contributed by atoms with van der Waals surface area (Å²) in [5, 5.41) is 16.5. The van der Waals surface area contributed by atoms with Crippen LogP contribution in [0.5, 0.6) is 5.88 Å². The van der Waals surface area contributed by atoms with E-state index in [0.29, 0.717) is 60.2 Å². The molecule has 12 heteroatoms. The van der Waals surface area contributed by atoms with Crippen molar-refractivity contribution in [1.82, 2.24) is 19.8 Å². The van der Waals surface area contributed by atoms with Gasteiger partial charge >= 0.3 is 6.03 Å². The van der Waals surface area contributed by atoms with Crippen LogP contribution >= 0.6 is 11.8 Å². The van der Waals surface area contributed by atoms with Crippen molar-refractivity contribution in [1.29, 1.82) is 5.26 Å². The number of hydrogen-bond donors (Lipinski definition) is 2. The molecule has 1 saturated heterocycles. The minimum absolute atomic E-state index is 0.0789. The maximum absolute atomic E-state index is 13.5. The molecule has 1 aliphatic carbocycles. The highest BCUT2D eigenvalue weighted by Gasteiger charge is 2.30. The van der Waals surface area contributed by atoms with Crippen LogP contribution in [0.25, 0.3) is 0 Å². The molecule has 0 bridgehead atoms. The molecule has 0 spiro atoms. The van der Waals surface area contributed by atoms with Gasteiger partial charge in [-0.1, -0.05) is 6.42 Å². The number of nitriles is 1. The second-order valence-corrected chi connectivity index (χ2v) is 11.6. The number of likely N-dealkylation sites (N-methyl/N-ethyl adjacent to an activating group) is 1. The Morgan fingerprint density at radius 2 is 2.10 bits per heavy atom. The summed E-state index contributed by atoms with van der Waals surface area (Å²) in [5.41, 5.74) is 2.91. The van der Waals surface area contributed by atoms with Crippen LogP contribution in [0.2, 0.25) is 0 Å². The molecule has 0 aromatic carbocycles. The lowest BCUT2D eigenvalue weighted by atomic mass is 10.0. The van der Waals surface area contributed by atoms with Crippen LogP contribution in [-0.4, -0.2) is 89.6 Å². The number of methoxy groups -OCH3 is 1. The van der Waals surface area contributed by atoms with Gasteiger partial charge in [-0.15, -0.1) is 0 Å². The predicted octanol–water partition coefficient (Wildman–Crippen LogP) is 3.31. The topological polar surface area (TPSA) is 127 Å². The molecule has 2 aliphatic heterocycles. The number of pyridine rings is 2. The molecule has 4 heterocycles. The number of piperazine rings is 1. The summed E-state index contributed by atoms with van der Waals surface area (Å²) in [6.45, 7) is 2.79. The highest BCUT2D eigenvalue weighted by Crippen LogP contribution is 2.34. The molecule has 1 saturated carbocycles. The monoisotopic (exact) mass is 564 g/mol. The van der Waals surface area contributed by atoms with E-state index in [1.807, 2.05) is 34.7 Å². The number of carbonyl (C=O) groups excluding carboxylic acids is 2. The van der Waals surface area contributed by atoms with Gasteiger partial charge in [-0.3, -0.25) is 19.9 Å². The van der Waals surface area contributed by atoms with Gasteiger partial charge in [0.05, 0.1) is 31.5 Å². The van der Waals surface area contributed by atoms with E-state index in [1.54, 1.807) is 18.1 Å². The average molecular weight is 565 g/mol. The van der Waals surface area contributed by atoms with Gasteiger partial charge in [-0.2, -0.15) is 22.0 Å². The molecule has 2 N–H and O–H groups in total. The maximum atomic E-state index is 13.5. The van der Waals surface area contributed by atoms with Gasteiger partial charge in [-0.25, -0.2) is 9.78 Å². The van der Waals surface area contributed by atoms with E-state index in [9.17, 15) is 14.9 Å². The van der Waals surface area contributed by atoms with Gasteiger partial charge < -0.3 is 15.0 Å². The lowest BCUT2D eigenvalue weighted by molar-refractivity contribution is -0.136. The van der Waals surface area contributed by atoms with Crippen molar-refractivity contribution >= 4 is 41.0 Å². The van der Waals surface area contributed by atoms with E-state index in [2.05, 4.69) is 27.9 Å². The highest BCUT2D eigenvalue weighted by molar-refractivity contribution is 7.99. The fourth-order valence-electron chi connectivity index (χ4n) is 5.70. The van der Waals surface area contributed by atoms with Gasteiger partial charge in [0, 0.05) is 48.8 Å². The van der Waals surface area contributed by atoms with Crippen LogP contribution < -0.4 is 20.3 Å². The SMILES string of the molecule is COc1nc2c(cc1CN1CCN(C)CC1=O)CCCN2C(=O)Nc1cc(NC2CCCC2SC)c(C#N)cn1. The van der Waals surface area contributed by atoms with Crippen molar-refractivity contribution in [3.63, 3.8) is 0 Å². The van der Waals surface area contributed by atoms with E-state index < -0.39 is 0 Å². The van der Waals surface area contributed by atoms with Crippen molar-refractivity contribution < 1.29 is 14.3 Å². The number of aromatic nitrogens is 2. The molecule has 40 heavy (non-hydrogen) atoms. The Kier molecular flexibility index (Phi) is 8.61. The Balaban J connectivity index is 1.34. The molecule has 2 aromatic rings. The number of amides is 3. The van der Waals surface area contributed by atoms with E-state index in [0.717, 1.165) is 49.8 Å². The number of fused-ring (bicyclic) bond motifs is 1. The van der Waals surface area contributed by atoms with Crippen LogP contribution in [0.3, 0.4) is 0 Å². The Morgan fingerprint density at radius 3 is 2.85 bits per heavy atom. The number of anilines is 3. The lowest BCUT2D eigenvalue weighted by Crippen LogP contribution is -2.48. The Morgan fingerprint density at radius 1 is 1.25 bits per heavy atom. The molecule has 3 amide bonds. The molecular weight excluding hydrogens is 528 g/mol. The van der Waals surface area contributed by atoms with E-state index in [4.69, 9.17) is 9.72 Å². The van der Waals surface area contributed by atoms with Crippen LogP contribution in [0, 0.1) is 11.3 Å². The summed E-state index contributed by atoms with van der Waals surface area (Å²) < 4.78 is 5.61. The third kappa shape index (κ3) is 5.95. The second-order valence-electron chi connectivity index (χ2n) is 10.6. The molecule has 5 rings (SSSR count). The van der Waals surface area contributed by atoms with Crippen molar-refractivity contribution in [2.45, 2.75) is 49.9 Å². The molecule has 212 valence electrons. The van der Waals surface area contributed by atoms with Crippen LogP contribution in [0.4, 0.5) is 22.1 Å². The smallest absolute Gasteiger partial charge is 0.328 e. The summed E-state index contributed by atoms with van der Waals surface area (Å²) in [4.78, 5) is 40.5. The van der Waals surface area contributed by atoms with Gasteiger partial charge in [0.1, 0.15) is 17.7 Å². The number of carbonyl (C=O) groups is 2. The number of ether oxygens (including phenoxy) is 1. The lowest BCUT2D eigenvalue weighted by Gasteiger charge is -2.33. The first kappa shape index (κ1) is 28.0. The van der Waals surface area contributed by atoms with Crippen molar-refractivity contribution in [3.8, 4) is 11.9 Å². The zero-order valence-corrected chi connectivity index (χ0v) is 24.1. The zero-order chi connectivity index (χ0) is 28.2. The summed E-state index contributed by atoms with van der Waals surface area (Å²) in [7, 11) is 3.50. The Hall–Kier alpha value is -3.56. The first-order chi connectivity index (χ1) is 19.4. The number of nitrogens with zero attached hydrogens (tertiary/aromatic N) is 6. The first-order valence-electron chi connectivity index (χ1n) is 13.7.